The number of piperidine rings is 2. The number of pyridine rings is 2. The number of aryl methyl sites for hydroxylation is 2. The van der Waals surface area contributed by atoms with Crippen molar-refractivity contribution in [3.05, 3.63) is 128 Å². The van der Waals surface area contributed by atoms with E-state index in [1.54, 1.807) is 28.4 Å². The SMILES string of the molecule is CCc1cc(CC(=O)C(=O)O)cnc1N.CCc1cc(NC(=O)C(=O)N2C[C@@H](C)CC[C@@H]2c2ccc3sc(CC4(N(C)C)COC4)nc3c2)cnc1N.C[C@H]1CCC(c2ccc3sc(CC4(N(C)C)COC4)nc3c2)=NC1.C[C@H]1CC[C@H](c2ccc3sc(CC4(N(C)C)COC4)nc3c2)NC1.[B].[H-].[Na+]. The van der Waals surface area contributed by atoms with Crippen LogP contribution in [-0.4, -0.2) is 205 Å². The Morgan fingerprint density at radius 1 is 0.641 bits per heavy atom. The molecule has 545 valence electrons. The number of amides is 2. The maximum absolute atomic E-state index is 13.4. The van der Waals surface area contributed by atoms with E-state index in [1.165, 1.54) is 67.9 Å². The number of carboxylic acids is 1. The van der Waals surface area contributed by atoms with Gasteiger partial charge in [0.1, 0.15) is 11.6 Å². The summed E-state index contributed by atoms with van der Waals surface area (Å²) in [6.07, 6.45) is 13.6. The number of rotatable bonds is 18. The number of thiazole rings is 3. The van der Waals surface area contributed by atoms with Crippen LogP contribution in [0.15, 0.2) is 84.1 Å². The molecule has 0 bridgehead atoms. The van der Waals surface area contributed by atoms with Crippen LogP contribution in [-0.2, 0) is 71.9 Å². The number of aromatic nitrogens is 5. The number of nitrogen functional groups attached to an aromatic ring is 2. The van der Waals surface area contributed by atoms with Gasteiger partial charge < -0.3 is 47.7 Å². The first kappa shape index (κ1) is 80.9. The van der Waals surface area contributed by atoms with Gasteiger partial charge in [0.2, 0.25) is 5.78 Å². The van der Waals surface area contributed by atoms with Gasteiger partial charge in [-0.3, -0.25) is 34.1 Å². The zero-order chi connectivity index (χ0) is 71.9. The number of nitrogens with zero attached hydrogens (tertiary/aromatic N) is 10. The number of ether oxygens (including phenoxy) is 3. The molecule has 8 aromatic rings. The summed E-state index contributed by atoms with van der Waals surface area (Å²) in [5.41, 5.74) is 22.5. The number of nitrogens with two attached hydrogens (primary N) is 2. The van der Waals surface area contributed by atoms with Crippen LogP contribution >= 0.6 is 34.0 Å². The molecule has 2 amide bonds. The average molecular weight is 1470 g/mol. The molecule has 27 heteroatoms. The van der Waals surface area contributed by atoms with E-state index in [2.05, 4.69) is 153 Å². The summed E-state index contributed by atoms with van der Waals surface area (Å²) in [7, 11) is 12.7. The van der Waals surface area contributed by atoms with Crippen molar-refractivity contribution < 1.29 is 69.5 Å². The average Bonchev–Trinajstić information content (AvgIpc) is 1.55. The molecule has 3 radical (unpaired) electrons. The zero-order valence-electron chi connectivity index (χ0n) is 63.0. The molecule has 0 saturated carbocycles. The summed E-state index contributed by atoms with van der Waals surface area (Å²) >= 11 is 5.36. The normalized spacial score (nSPS) is 20.8. The van der Waals surface area contributed by atoms with Crippen LogP contribution in [0.4, 0.5) is 17.3 Å². The van der Waals surface area contributed by atoms with Crippen LogP contribution in [0, 0.1) is 17.8 Å². The maximum Gasteiger partial charge on any atom is 1.00 e. The largest absolute Gasteiger partial charge is 1.00 e. The Kier molecular flexibility index (Phi) is 27.8. The van der Waals surface area contributed by atoms with Gasteiger partial charge in [0.05, 0.1) is 120 Å². The predicted molar refractivity (Wildman–Crippen MR) is 411 cm³/mol. The predicted octanol–water partition coefficient (Wildman–Crippen LogP) is 7.42. The fourth-order valence-corrected chi connectivity index (χ4v) is 16.9. The van der Waals surface area contributed by atoms with Gasteiger partial charge in [-0.15, -0.1) is 34.0 Å². The van der Waals surface area contributed by atoms with E-state index >= 15 is 0 Å². The number of benzene rings is 3. The molecule has 11 heterocycles. The molecule has 14 rings (SSSR count). The van der Waals surface area contributed by atoms with Gasteiger partial charge in [0, 0.05) is 65.1 Å². The number of aliphatic imine (C=N–C) groups is 1. The quantitative estimate of drug-likeness (QED) is 0.0412. The molecular weight excluding hydrogens is 1370 g/mol. The van der Waals surface area contributed by atoms with E-state index < -0.39 is 23.6 Å². The number of likely N-dealkylation sites (N-methyl/N-ethyl adjacent to an activating group) is 3. The number of carbonyl (C=O) groups is 4. The van der Waals surface area contributed by atoms with Gasteiger partial charge in [-0.25, -0.2) is 29.7 Å². The van der Waals surface area contributed by atoms with E-state index in [0.29, 0.717) is 67.4 Å². The Hall–Kier alpha value is -6.24. The molecule has 3 aromatic carbocycles. The number of aliphatic carboxylic acids is 1. The van der Waals surface area contributed by atoms with Crippen molar-refractivity contribution in [1.29, 1.82) is 0 Å². The third kappa shape index (κ3) is 19.3. The van der Waals surface area contributed by atoms with E-state index in [0.717, 1.165) is 133 Å². The Morgan fingerprint density at radius 3 is 1.61 bits per heavy atom. The topological polar surface area (TPSA) is 282 Å². The van der Waals surface area contributed by atoms with Crippen LogP contribution in [0.25, 0.3) is 30.6 Å². The Labute approximate surface area is 643 Å². The van der Waals surface area contributed by atoms with Crippen LogP contribution < -0.4 is 51.7 Å². The van der Waals surface area contributed by atoms with E-state index in [4.69, 9.17) is 50.7 Å². The monoisotopic (exact) mass is 1470 g/mol. The molecule has 103 heavy (non-hydrogen) atoms. The number of carbonyl (C=O) groups excluding carboxylic acids is 3. The third-order valence-electron chi connectivity index (χ3n) is 21.1. The third-order valence-corrected chi connectivity index (χ3v) is 24.2. The second kappa shape index (κ2) is 35.4. The smallest absolute Gasteiger partial charge is 1.00 e. The van der Waals surface area contributed by atoms with Crippen molar-refractivity contribution in [3.63, 3.8) is 0 Å². The molecule has 22 nitrogen and oxygen atoms in total. The van der Waals surface area contributed by atoms with Gasteiger partial charge in [0.15, 0.2) is 0 Å². The molecular formula is C76H101BN14NaO8S3. The summed E-state index contributed by atoms with van der Waals surface area (Å²) in [4.78, 5) is 83.9. The van der Waals surface area contributed by atoms with Crippen molar-refractivity contribution in [2.45, 2.75) is 140 Å². The molecule has 5 fully saturated rings. The molecule has 6 aliphatic heterocycles. The minimum absolute atomic E-state index is 0. The first-order chi connectivity index (χ1) is 48.3. The van der Waals surface area contributed by atoms with Crippen molar-refractivity contribution in [2.24, 2.45) is 22.7 Å². The second-order valence-corrected chi connectivity index (χ2v) is 32.6. The molecule has 5 saturated heterocycles. The first-order valence-corrected chi connectivity index (χ1v) is 37.9. The Bertz CT molecular complexity index is 4300. The van der Waals surface area contributed by atoms with E-state index in [1.807, 2.05) is 36.5 Å². The summed E-state index contributed by atoms with van der Waals surface area (Å²) in [6.45, 7) is 17.9. The number of hydrogen-bond acceptors (Lipinski definition) is 22. The number of Topliss-reactive ketones (excluding diaryl/α,β-unsaturated/α-hetero) is 1. The number of ketones is 1. The maximum atomic E-state index is 13.4. The Morgan fingerprint density at radius 2 is 1.14 bits per heavy atom. The van der Waals surface area contributed by atoms with Crippen molar-refractivity contribution in [2.75, 3.05) is 118 Å². The molecule has 5 atom stereocenters. The van der Waals surface area contributed by atoms with Gasteiger partial charge in [-0.1, -0.05) is 58.9 Å². The number of fused-ring (bicyclic) bond motifs is 3. The summed E-state index contributed by atoms with van der Waals surface area (Å²) < 4.78 is 20.2. The number of hydrogen-bond donors (Lipinski definition) is 5. The number of carboxylic acid groups (broad SMARTS) is 1. The molecule has 5 aromatic heterocycles. The van der Waals surface area contributed by atoms with Crippen molar-refractivity contribution in [3.8, 4) is 0 Å². The van der Waals surface area contributed by atoms with Crippen LogP contribution in [0.1, 0.15) is 135 Å². The number of likely N-dealkylation sites (tertiary alicyclic amines) is 1. The standard InChI is InChI=1S/C28H36N6O3S.C19H27N3OS.C19H25N3OS.C10H12N2O3.B.Na.H/c1-5-18-10-20(13-30-25(18)29)31-26(35)27(36)34-14-17(2)6-8-22(34)19-7-9-23-21(11-19)32-24(38-23)12-28(33(3)4)15-37-16-28;2*1-13-4-6-15(20-10-13)14-5-7-17-16(8-14)21-18(24-17)9-19(22(2)3)11-23-12-19;1-2-7-3-6(5-12-9(7)11)4-8(13)10(14)15;;;/h7,9-11,13,17,22H,5-6,8,12,14-16H2,1-4H3,(H2,29,30)(H,31,35);5,7-8,13,15,20H,4,6,9-12H2,1-3H3;5,7-8,13H,4,6,9-12H2,1-3H3;3,5H,2,4H2,1H3,(H2,11,12)(H,14,15);;;/q;;;;;+1;-1/t17-,22+;13-,15+;13-;;;;/m000..../s1. The van der Waals surface area contributed by atoms with Gasteiger partial charge in [-0.05, 0) is 194 Å². The van der Waals surface area contributed by atoms with Crippen molar-refractivity contribution in [1.82, 2.24) is 49.8 Å². The van der Waals surface area contributed by atoms with Crippen molar-refractivity contribution >= 4 is 120 Å². The zero-order valence-corrected chi connectivity index (χ0v) is 66.4. The minimum atomic E-state index is -1.43. The minimum Gasteiger partial charge on any atom is -1.00 e. The summed E-state index contributed by atoms with van der Waals surface area (Å²) in [5.74, 6) is -0.787. The van der Waals surface area contributed by atoms with E-state index in [9.17, 15) is 19.2 Å². The molecule has 6 aliphatic rings. The summed E-state index contributed by atoms with van der Waals surface area (Å²) in [6, 6.07) is 23.5. The second-order valence-electron chi connectivity index (χ2n) is 29.3. The van der Waals surface area contributed by atoms with Crippen LogP contribution in [0.3, 0.4) is 0 Å². The van der Waals surface area contributed by atoms with Crippen LogP contribution in [0.2, 0.25) is 0 Å². The molecule has 0 spiro atoms. The fourth-order valence-electron chi connectivity index (χ4n) is 13.7. The van der Waals surface area contributed by atoms with Gasteiger partial charge >= 0.3 is 47.3 Å². The Balaban J connectivity index is 0.000000183. The fraction of sp³-hybridized carbons (Fsp3) is 0.526. The first-order valence-electron chi connectivity index (χ1n) is 35.4. The number of anilines is 3. The molecule has 7 N–H and O–H groups in total. The van der Waals surface area contributed by atoms with Crippen LogP contribution in [0.5, 0.6) is 0 Å². The van der Waals surface area contributed by atoms with Gasteiger partial charge in [-0.2, -0.15) is 0 Å². The summed E-state index contributed by atoms with van der Waals surface area (Å²) in [5, 5.41) is 18.4. The molecule has 0 aliphatic carbocycles. The van der Waals surface area contributed by atoms with E-state index in [-0.39, 0.29) is 68.5 Å². The van der Waals surface area contributed by atoms with Gasteiger partial charge in [0.25, 0.3) is 0 Å². The molecule has 0 unspecified atom stereocenters. The number of nitrogens with one attached hydrogen (secondary N) is 2.